The molecule has 0 unspecified atom stereocenters. The normalized spacial score (nSPS) is 15.0. The Morgan fingerprint density at radius 1 is 1.14 bits per heavy atom. The van der Waals surface area contributed by atoms with Crippen molar-refractivity contribution in [2.45, 2.75) is 0 Å². The summed E-state index contributed by atoms with van der Waals surface area (Å²) in [5.41, 5.74) is 1.45. The van der Waals surface area contributed by atoms with Crippen LogP contribution in [0.15, 0.2) is 35.8 Å². The van der Waals surface area contributed by atoms with Crippen LogP contribution in [-0.4, -0.2) is 42.6 Å². The van der Waals surface area contributed by atoms with Crippen molar-refractivity contribution in [2.75, 3.05) is 37.6 Å². The van der Waals surface area contributed by atoms with Gasteiger partial charge in [0.15, 0.2) is 5.13 Å². The molecule has 0 N–H and O–H groups in total. The molecular weight excluding hydrogens is 292 g/mol. The summed E-state index contributed by atoms with van der Waals surface area (Å²) < 4.78 is 0. The minimum Gasteiger partial charge on any atom is -0.346 e. The van der Waals surface area contributed by atoms with Gasteiger partial charge in [-0.15, -0.1) is 11.3 Å². The summed E-state index contributed by atoms with van der Waals surface area (Å²) >= 11 is 1.69. The molecule has 2 aromatic rings. The predicted molar refractivity (Wildman–Crippen MR) is 88.8 cm³/mol. The van der Waals surface area contributed by atoms with E-state index in [1.54, 1.807) is 17.4 Å². The minimum absolute atomic E-state index is 0.642. The maximum Gasteiger partial charge on any atom is 0.185 e. The third-order valence-corrected chi connectivity index (χ3v) is 4.47. The van der Waals surface area contributed by atoms with E-state index in [0.717, 1.165) is 43.4 Å². The number of nitrogens with zero attached hydrogens (tertiary/aromatic N) is 4. The Kier molecular flexibility index (Phi) is 4.70. The number of anilines is 1. The molecule has 0 aliphatic carbocycles. The molecule has 0 radical (unpaired) electrons. The molecular formula is C17H16N4S. The molecule has 1 aromatic heterocycles. The average molecular weight is 308 g/mol. The maximum absolute atomic E-state index is 9.05. The summed E-state index contributed by atoms with van der Waals surface area (Å²) in [4.78, 5) is 9.01. The Labute approximate surface area is 134 Å². The second kappa shape index (κ2) is 7.09. The van der Waals surface area contributed by atoms with Gasteiger partial charge in [-0.2, -0.15) is 5.26 Å². The molecule has 0 amide bonds. The van der Waals surface area contributed by atoms with Gasteiger partial charge in [-0.1, -0.05) is 24.0 Å². The van der Waals surface area contributed by atoms with Gasteiger partial charge in [-0.3, -0.25) is 4.90 Å². The standard InChI is InChI=1S/C17H16N4S/c18-14-16-5-2-1-4-15(16)6-3-8-20-9-11-21(12-10-20)17-19-7-13-22-17/h1-2,4-5,7,13H,8-12H2. The molecule has 22 heavy (non-hydrogen) atoms. The number of piperazine rings is 1. The lowest BCUT2D eigenvalue weighted by Gasteiger charge is -2.33. The summed E-state index contributed by atoms with van der Waals surface area (Å²) in [6.07, 6.45) is 1.85. The molecule has 0 atom stereocenters. The van der Waals surface area contributed by atoms with E-state index in [4.69, 9.17) is 5.26 Å². The maximum atomic E-state index is 9.05. The topological polar surface area (TPSA) is 43.2 Å². The predicted octanol–water partition coefficient (Wildman–Crippen LogP) is 2.19. The Balaban J connectivity index is 1.54. The van der Waals surface area contributed by atoms with Gasteiger partial charge < -0.3 is 4.90 Å². The lowest BCUT2D eigenvalue weighted by Crippen LogP contribution is -2.46. The lowest BCUT2D eigenvalue weighted by molar-refractivity contribution is 0.288. The number of nitriles is 1. The molecule has 1 aliphatic heterocycles. The second-order valence-electron chi connectivity index (χ2n) is 5.04. The van der Waals surface area contributed by atoms with E-state index in [1.807, 2.05) is 29.8 Å². The van der Waals surface area contributed by atoms with Crippen LogP contribution in [0, 0.1) is 23.2 Å². The van der Waals surface area contributed by atoms with Crippen molar-refractivity contribution < 1.29 is 0 Å². The van der Waals surface area contributed by atoms with Crippen molar-refractivity contribution in [3.8, 4) is 17.9 Å². The van der Waals surface area contributed by atoms with Crippen LogP contribution < -0.4 is 4.90 Å². The first-order chi connectivity index (χ1) is 10.9. The molecule has 5 heteroatoms. The zero-order chi connectivity index (χ0) is 15.2. The van der Waals surface area contributed by atoms with Gasteiger partial charge in [0.25, 0.3) is 0 Å². The fourth-order valence-electron chi connectivity index (χ4n) is 2.41. The molecule has 1 aliphatic rings. The Hall–Kier alpha value is -2.34. The highest BCUT2D eigenvalue weighted by atomic mass is 32.1. The molecule has 3 rings (SSSR count). The van der Waals surface area contributed by atoms with E-state index in [9.17, 15) is 0 Å². The minimum atomic E-state index is 0.642. The van der Waals surface area contributed by atoms with Gasteiger partial charge in [0.1, 0.15) is 6.07 Å². The molecule has 4 nitrogen and oxygen atoms in total. The molecule has 2 heterocycles. The van der Waals surface area contributed by atoms with Gasteiger partial charge in [-0.25, -0.2) is 4.98 Å². The molecule has 0 spiro atoms. The first kappa shape index (κ1) is 14.6. The summed E-state index contributed by atoms with van der Waals surface area (Å²) in [6.45, 7) is 4.71. The van der Waals surface area contributed by atoms with Gasteiger partial charge in [0.05, 0.1) is 12.1 Å². The smallest absolute Gasteiger partial charge is 0.185 e. The Morgan fingerprint density at radius 2 is 1.91 bits per heavy atom. The highest BCUT2D eigenvalue weighted by Crippen LogP contribution is 2.18. The lowest BCUT2D eigenvalue weighted by atomic mass is 10.1. The third-order valence-electron chi connectivity index (χ3n) is 3.64. The van der Waals surface area contributed by atoms with Gasteiger partial charge in [-0.05, 0) is 12.1 Å². The van der Waals surface area contributed by atoms with E-state index in [1.165, 1.54) is 0 Å². The number of hydrogen-bond donors (Lipinski definition) is 0. The Morgan fingerprint density at radius 3 is 2.59 bits per heavy atom. The molecule has 1 aromatic carbocycles. The van der Waals surface area contributed by atoms with Crippen LogP contribution in [0.3, 0.4) is 0 Å². The molecule has 110 valence electrons. The van der Waals surface area contributed by atoms with Crippen LogP contribution in [-0.2, 0) is 0 Å². The number of aromatic nitrogens is 1. The summed E-state index contributed by atoms with van der Waals surface area (Å²) in [5.74, 6) is 6.30. The van der Waals surface area contributed by atoms with E-state index >= 15 is 0 Å². The fraction of sp³-hybridized carbons (Fsp3) is 0.294. The number of thiazole rings is 1. The van der Waals surface area contributed by atoms with Crippen molar-refractivity contribution in [1.82, 2.24) is 9.88 Å². The van der Waals surface area contributed by atoms with Crippen LogP contribution in [0.4, 0.5) is 5.13 Å². The second-order valence-corrected chi connectivity index (χ2v) is 5.91. The van der Waals surface area contributed by atoms with Gasteiger partial charge in [0, 0.05) is 43.3 Å². The van der Waals surface area contributed by atoms with Crippen LogP contribution in [0.2, 0.25) is 0 Å². The number of hydrogen-bond acceptors (Lipinski definition) is 5. The molecule has 0 saturated carbocycles. The molecule has 1 saturated heterocycles. The first-order valence-corrected chi connectivity index (χ1v) is 8.09. The largest absolute Gasteiger partial charge is 0.346 e. The van der Waals surface area contributed by atoms with E-state index in [0.29, 0.717) is 5.56 Å². The highest BCUT2D eigenvalue weighted by molar-refractivity contribution is 7.13. The van der Waals surface area contributed by atoms with E-state index in [-0.39, 0.29) is 0 Å². The summed E-state index contributed by atoms with van der Waals surface area (Å²) in [6, 6.07) is 9.65. The summed E-state index contributed by atoms with van der Waals surface area (Å²) in [5, 5.41) is 12.2. The van der Waals surface area contributed by atoms with Gasteiger partial charge >= 0.3 is 0 Å². The third kappa shape index (κ3) is 3.46. The van der Waals surface area contributed by atoms with E-state index in [2.05, 4.69) is 32.7 Å². The monoisotopic (exact) mass is 308 g/mol. The highest BCUT2D eigenvalue weighted by Gasteiger charge is 2.17. The zero-order valence-electron chi connectivity index (χ0n) is 12.2. The molecule has 1 fully saturated rings. The van der Waals surface area contributed by atoms with Crippen molar-refractivity contribution >= 4 is 16.5 Å². The van der Waals surface area contributed by atoms with Crippen molar-refractivity contribution in [2.24, 2.45) is 0 Å². The summed E-state index contributed by atoms with van der Waals surface area (Å²) in [7, 11) is 0. The van der Waals surface area contributed by atoms with Crippen LogP contribution in [0.1, 0.15) is 11.1 Å². The van der Waals surface area contributed by atoms with E-state index < -0.39 is 0 Å². The van der Waals surface area contributed by atoms with Gasteiger partial charge in [0.2, 0.25) is 0 Å². The van der Waals surface area contributed by atoms with Crippen molar-refractivity contribution in [3.05, 3.63) is 47.0 Å². The number of rotatable bonds is 2. The number of benzene rings is 1. The van der Waals surface area contributed by atoms with Crippen LogP contribution in [0.25, 0.3) is 0 Å². The average Bonchev–Trinajstić information content (AvgIpc) is 3.10. The zero-order valence-corrected chi connectivity index (χ0v) is 13.0. The molecule has 0 bridgehead atoms. The Bertz CT molecular complexity index is 713. The SMILES string of the molecule is N#Cc1ccccc1C#CCN1CCN(c2nccs2)CC1. The van der Waals surface area contributed by atoms with Crippen molar-refractivity contribution in [1.29, 1.82) is 5.26 Å². The fourth-order valence-corrected chi connectivity index (χ4v) is 3.10. The van der Waals surface area contributed by atoms with Crippen LogP contribution >= 0.6 is 11.3 Å². The van der Waals surface area contributed by atoms with Crippen LogP contribution in [0.5, 0.6) is 0 Å². The van der Waals surface area contributed by atoms with Crippen molar-refractivity contribution in [3.63, 3.8) is 0 Å². The quantitative estimate of drug-likeness (QED) is 0.798. The first-order valence-electron chi connectivity index (χ1n) is 7.21.